The molecule has 2 heterocycles. The summed E-state index contributed by atoms with van der Waals surface area (Å²) < 4.78 is 0. The summed E-state index contributed by atoms with van der Waals surface area (Å²) in [7, 11) is 1.88. The van der Waals surface area contributed by atoms with E-state index >= 15 is 0 Å². The molecule has 3 nitrogen and oxygen atoms in total. The minimum Gasteiger partial charge on any atom is -0.373 e. The number of nitrogens with one attached hydrogen (secondary N) is 1. The van der Waals surface area contributed by atoms with Crippen LogP contribution >= 0.6 is 11.6 Å². The molecule has 1 aromatic carbocycles. The number of hydrogen-bond donors (Lipinski definition) is 1. The standard InChI is InChI=1S/C17H20ClN3/c1-19-17-8-7-15(18)16(20-17)12-21-10-9-14(11-21)13-5-3-2-4-6-13/h2-8,14H,9-12H2,1H3,(H,19,20). The number of hydrogen-bond acceptors (Lipinski definition) is 3. The lowest BCUT2D eigenvalue weighted by atomic mass is 9.99. The third-order valence-corrected chi connectivity index (χ3v) is 4.44. The van der Waals surface area contributed by atoms with E-state index in [9.17, 15) is 0 Å². The van der Waals surface area contributed by atoms with Crippen LogP contribution in [0.4, 0.5) is 5.82 Å². The predicted molar refractivity (Wildman–Crippen MR) is 87.9 cm³/mol. The largest absolute Gasteiger partial charge is 0.373 e. The van der Waals surface area contributed by atoms with Gasteiger partial charge in [-0.1, -0.05) is 41.9 Å². The Morgan fingerprint density at radius 3 is 2.81 bits per heavy atom. The Labute approximate surface area is 131 Å². The zero-order chi connectivity index (χ0) is 14.7. The van der Waals surface area contributed by atoms with Crippen LogP contribution in [0.15, 0.2) is 42.5 Å². The molecule has 0 aliphatic carbocycles. The van der Waals surface area contributed by atoms with E-state index in [4.69, 9.17) is 11.6 Å². The monoisotopic (exact) mass is 301 g/mol. The fourth-order valence-electron chi connectivity index (χ4n) is 2.92. The van der Waals surface area contributed by atoms with Crippen LogP contribution in [0.1, 0.15) is 23.6 Å². The first-order valence-electron chi connectivity index (χ1n) is 7.36. The predicted octanol–water partition coefficient (Wildman–Crippen LogP) is 3.77. The highest BCUT2D eigenvalue weighted by molar-refractivity contribution is 6.31. The maximum absolute atomic E-state index is 6.27. The van der Waals surface area contributed by atoms with E-state index in [-0.39, 0.29) is 0 Å². The van der Waals surface area contributed by atoms with Crippen molar-refractivity contribution in [3.8, 4) is 0 Å². The molecule has 0 radical (unpaired) electrons. The summed E-state index contributed by atoms with van der Waals surface area (Å²) in [5, 5.41) is 3.81. The van der Waals surface area contributed by atoms with Crippen molar-refractivity contribution in [2.24, 2.45) is 0 Å². The maximum atomic E-state index is 6.27. The van der Waals surface area contributed by atoms with Crippen molar-refractivity contribution in [2.75, 3.05) is 25.5 Å². The molecule has 0 saturated carbocycles. The average molecular weight is 302 g/mol. The Hall–Kier alpha value is -1.58. The second-order valence-corrected chi connectivity index (χ2v) is 5.91. The SMILES string of the molecule is CNc1ccc(Cl)c(CN2CCC(c3ccccc3)C2)n1. The molecule has 1 fully saturated rings. The highest BCUT2D eigenvalue weighted by Gasteiger charge is 2.24. The van der Waals surface area contributed by atoms with Crippen molar-refractivity contribution in [1.82, 2.24) is 9.88 Å². The zero-order valence-corrected chi connectivity index (χ0v) is 13.0. The molecule has 1 saturated heterocycles. The summed E-state index contributed by atoms with van der Waals surface area (Å²) in [5.41, 5.74) is 2.39. The number of nitrogens with zero attached hydrogens (tertiary/aromatic N) is 2. The summed E-state index contributed by atoms with van der Waals surface area (Å²) in [6, 6.07) is 14.6. The van der Waals surface area contributed by atoms with Gasteiger partial charge in [0, 0.05) is 20.1 Å². The first kappa shape index (κ1) is 14.4. The molecule has 2 aromatic rings. The minimum absolute atomic E-state index is 0.623. The number of anilines is 1. The number of aromatic nitrogens is 1. The van der Waals surface area contributed by atoms with Crippen LogP contribution in [0.25, 0.3) is 0 Å². The van der Waals surface area contributed by atoms with Gasteiger partial charge in [0.25, 0.3) is 0 Å². The maximum Gasteiger partial charge on any atom is 0.126 e. The number of likely N-dealkylation sites (tertiary alicyclic amines) is 1. The smallest absolute Gasteiger partial charge is 0.126 e. The normalized spacial score (nSPS) is 18.9. The lowest BCUT2D eigenvalue weighted by Crippen LogP contribution is -2.21. The van der Waals surface area contributed by atoms with E-state index in [2.05, 4.69) is 45.5 Å². The van der Waals surface area contributed by atoms with Gasteiger partial charge in [-0.3, -0.25) is 4.90 Å². The lowest BCUT2D eigenvalue weighted by molar-refractivity contribution is 0.323. The molecule has 4 heteroatoms. The van der Waals surface area contributed by atoms with Crippen molar-refractivity contribution in [3.63, 3.8) is 0 Å². The Morgan fingerprint density at radius 1 is 1.24 bits per heavy atom. The van der Waals surface area contributed by atoms with Gasteiger partial charge in [0.05, 0.1) is 10.7 Å². The van der Waals surface area contributed by atoms with Crippen LogP contribution in [0.2, 0.25) is 5.02 Å². The van der Waals surface area contributed by atoms with Gasteiger partial charge in [-0.15, -0.1) is 0 Å². The minimum atomic E-state index is 0.623. The summed E-state index contributed by atoms with van der Waals surface area (Å²) in [5.74, 6) is 1.49. The van der Waals surface area contributed by atoms with Crippen molar-refractivity contribution in [2.45, 2.75) is 18.9 Å². The Bertz CT molecular complexity index is 600. The second-order valence-electron chi connectivity index (χ2n) is 5.51. The first-order chi connectivity index (χ1) is 10.3. The fraction of sp³-hybridized carbons (Fsp3) is 0.353. The molecule has 1 aliphatic heterocycles. The van der Waals surface area contributed by atoms with Gasteiger partial charge in [-0.05, 0) is 36.6 Å². The third-order valence-electron chi connectivity index (χ3n) is 4.09. The number of rotatable bonds is 4. The van der Waals surface area contributed by atoms with Gasteiger partial charge in [-0.25, -0.2) is 4.98 Å². The van der Waals surface area contributed by atoms with Crippen LogP contribution in [0, 0.1) is 0 Å². The van der Waals surface area contributed by atoms with Gasteiger partial charge in [0.1, 0.15) is 5.82 Å². The molecule has 1 aliphatic rings. The molecule has 21 heavy (non-hydrogen) atoms. The topological polar surface area (TPSA) is 28.2 Å². The van der Waals surface area contributed by atoms with Gasteiger partial charge in [0.15, 0.2) is 0 Å². The van der Waals surface area contributed by atoms with E-state index in [0.717, 1.165) is 36.2 Å². The quantitative estimate of drug-likeness (QED) is 0.932. The summed E-state index contributed by atoms with van der Waals surface area (Å²) in [6.07, 6.45) is 1.20. The van der Waals surface area contributed by atoms with Crippen molar-refractivity contribution in [3.05, 3.63) is 58.7 Å². The Morgan fingerprint density at radius 2 is 2.05 bits per heavy atom. The molecule has 0 spiro atoms. The van der Waals surface area contributed by atoms with Crippen molar-refractivity contribution < 1.29 is 0 Å². The van der Waals surface area contributed by atoms with Gasteiger partial charge in [-0.2, -0.15) is 0 Å². The van der Waals surface area contributed by atoms with E-state index in [1.54, 1.807) is 0 Å². The van der Waals surface area contributed by atoms with Crippen LogP contribution in [-0.4, -0.2) is 30.0 Å². The highest BCUT2D eigenvalue weighted by Crippen LogP contribution is 2.29. The molecular formula is C17H20ClN3. The molecule has 1 aromatic heterocycles. The molecule has 1 atom stereocenters. The zero-order valence-electron chi connectivity index (χ0n) is 12.2. The molecule has 1 N–H and O–H groups in total. The Balaban J connectivity index is 1.67. The third kappa shape index (κ3) is 3.36. The molecular weight excluding hydrogens is 282 g/mol. The van der Waals surface area contributed by atoms with Gasteiger partial charge < -0.3 is 5.32 Å². The van der Waals surface area contributed by atoms with Crippen LogP contribution < -0.4 is 5.32 Å². The molecule has 110 valence electrons. The van der Waals surface area contributed by atoms with Gasteiger partial charge in [0.2, 0.25) is 0 Å². The number of pyridine rings is 1. The van der Waals surface area contributed by atoms with E-state index in [1.165, 1.54) is 12.0 Å². The molecule has 0 bridgehead atoms. The first-order valence-corrected chi connectivity index (χ1v) is 7.74. The second kappa shape index (κ2) is 6.46. The van der Waals surface area contributed by atoms with E-state index in [0.29, 0.717) is 5.92 Å². The molecule has 0 amide bonds. The average Bonchev–Trinajstić information content (AvgIpc) is 2.99. The highest BCUT2D eigenvalue weighted by atomic mass is 35.5. The van der Waals surface area contributed by atoms with Gasteiger partial charge >= 0.3 is 0 Å². The summed E-state index contributed by atoms with van der Waals surface area (Å²) in [4.78, 5) is 7.00. The number of halogens is 1. The summed E-state index contributed by atoms with van der Waals surface area (Å²) >= 11 is 6.27. The van der Waals surface area contributed by atoms with Crippen LogP contribution in [0.3, 0.4) is 0 Å². The summed E-state index contributed by atoms with van der Waals surface area (Å²) in [6.45, 7) is 2.99. The lowest BCUT2D eigenvalue weighted by Gasteiger charge is -2.17. The van der Waals surface area contributed by atoms with E-state index < -0.39 is 0 Å². The molecule has 1 unspecified atom stereocenters. The fourth-order valence-corrected chi connectivity index (χ4v) is 3.08. The van der Waals surface area contributed by atoms with Crippen LogP contribution in [0.5, 0.6) is 0 Å². The van der Waals surface area contributed by atoms with Crippen LogP contribution in [-0.2, 0) is 6.54 Å². The molecule has 3 rings (SSSR count). The van der Waals surface area contributed by atoms with Crippen molar-refractivity contribution >= 4 is 17.4 Å². The Kier molecular flexibility index (Phi) is 4.42. The van der Waals surface area contributed by atoms with Crippen molar-refractivity contribution in [1.29, 1.82) is 0 Å². The number of benzene rings is 1. The van der Waals surface area contributed by atoms with E-state index in [1.807, 2.05) is 19.2 Å².